The van der Waals surface area contributed by atoms with Crippen molar-refractivity contribution in [2.75, 3.05) is 4.90 Å². The molecular formula is C46H26F6N2O2. The average molecular weight is 753 g/mol. The Kier molecular flexibility index (Phi) is 7.98. The van der Waals surface area contributed by atoms with Crippen molar-refractivity contribution in [1.29, 1.82) is 0 Å². The highest BCUT2D eigenvalue weighted by molar-refractivity contribution is 6.37. The Labute approximate surface area is 315 Å². The van der Waals surface area contributed by atoms with E-state index in [9.17, 15) is 35.9 Å². The van der Waals surface area contributed by atoms with Crippen molar-refractivity contribution in [3.63, 3.8) is 0 Å². The van der Waals surface area contributed by atoms with Crippen LogP contribution >= 0.6 is 0 Å². The Balaban J connectivity index is 1.27. The first-order chi connectivity index (χ1) is 26.9. The molecular weight excluding hydrogens is 727 g/mol. The summed E-state index contributed by atoms with van der Waals surface area (Å²) in [6, 6.07) is 42.6. The zero-order valence-corrected chi connectivity index (χ0v) is 29.0. The number of carbonyl (C=O) groups excluding carboxylic acids is 2. The first-order valence-corrected chi connectivity index (χ1v) is 17.5. The number of halogens is 6. The quantitative estimate of drug-likeness (QED) is 0.130. The minimum Gasteiger partial charge on any atom is -0.308 e. The van der Waals surface area contributed by atoms with Gasteiger partial charge in [0.1, 0.15) is 0 Å². The monoisotopic (exact) mass is 752 g/mol. The normalized spacial score (nSPS) is 13.2. The molecule has 8 aromatic rings. The summed E-state index contributed by atoms with van der Waals surface area (Å²) in [6.07, 6.45) is -10.1. The number of hydrogen-bond acceptors (Lipinski definition) is 2. The lowest BCUT2D eigenvalue weighted by molar-refractivity contribution is -0.143. The molecule has 2 amide bonds. The van der Waals surface area contributed by atoms with Crippen LogP contribution in [0.2, 0.25) is 0 Å². The number of hydrogen-bond donors (Lipinski definition) is 0. The van der Waals surface area contributed by atoms with Crippen LogP contribution in [0, 0.1) is 0 Å². The highest BCUT2D eigenvalue weighted by atomic mass is 19.4. The molecule has 10 heteroatoms. The third-order valence-electron chi connectivity index (χ3n) is 10.2. The minimum atomic E-state index is -5.03. The van der Waals surface area contributed by atoms with Crippen LogP contribution in [-0.4, -0.2) is 16.4 Å². The first-order valence-electron chi connectivity index (χ1n) is 17.5. The summed E-state index contributed by atoms with van der Waals surface area (Å²) in [7, 11) is 0. The third kappa shape index (κ3) is 5.64. The van der Waals surface area contributed by atoms with E-state index in [-0.39, 0.29) is 28.3 Å². The second-order valence-electron chi connectivity index (χ2n) is 13.5. The molecule has 0 radical (unpaired) electrons. The number of benzene rings is 7. The van der Waals surface area contributed by atoms with Crippen molar-refractivity contribution in [3.05, 3.63) is 180 Å². The van der Waals surface area contributed by atoms with Crippen molar-refractivity contribution >= 4 is 39.3 Å². The van der Waals surface area contributed by atoms with Gasteiger partial charge in [-0.05, 0) is 64.7 Å². The van der Waals surface area contributed by atoms with Gasteiger partial charge in [0.25, 0.3) is 11.8 Å². The summed E-state index contributed by atoms with van der Waals surface area (Å²) < 4.78 is 85.1. The summed E-state index contributed by atoms with van der Waals surface area (Å²) >= 11 is 0. The van der Waals surface area contributed by atoms with Crippen LogP contribution in [0.3, 0.4) is 0 Å². The van der Waals surface area contributed by atoms with Gasteiger partial charge in [0, 0.05) is 21.9 Å². The zero-order valence-electron chi connectivity index (χ0n) is 29.0. The lowest BCUT2D eigenvalue weighted by atomic mass is 9.95. The van der Waals surface area contributed by atoms with Crippen LogP contribution in [-0.2, 0) is 12.4 Å². The SMILES string of the molecule is O=C1c2cccc(-n3c4ccccc4c4ccc(-c5cc(C(F)(F)F)cc(C(F)(F)F)c5)cc43)c2C(=O)N1c1c(-c2ccccc2)cccc1-c1ccccc1. The van der Waals surface area contributed by atoms with E-state index in [1.807, 2.05) is 84.9 Å². The van der Waals surface area contributed by atoms with Gasteiger partial charge in [-0.2, -0.15) is 26.3 Å². The molecule has 1 aliphatic rings. The number of amides is 2. The summed E-state index contributed by atoms with van der Waals surface area (Å²) in [5, 5.41) is 1.36. The standard InChI is InChI=1S/C46H26F6N2O2/c47-45(48,49)31-23-30(24-32(26-31)46(50,51)52)29-21-22-36-35-15-7-8-19-38(35)53(40(36)25-29)39-20-10-18-37-41(39)44(56)54(43(37)55)42-33(27-11-3-1-4-12-27)16-9-17-34(42)28-13-5-2-6-14-28/h1-26H. The van der Waals surface area contributed by atoms with Gasteiger partial charge in [-0.1, -0.05) is 115 Å². The topological polar surface area (TPSA) is 42.3 Å². The molecule has 0 unspecified atom stereocenters. The second-order valence-corrected chi connectivity index (χ2v) is 13.5. The van der Waals surface area contributed by atoms with E-state index in [1.54, 1.807) is 47.0 Å². The van der Waals surface area contributed by atoms with E-state index >= 15 is 0 Å². The van der Waals surface area contributed by atoms with Gasteiger partial charge in [0.15, 0.2) is 0 Å². The fraction of sp³-hybridized carbons (Fsp3) is 0.0435. The van der Waals surface area contributed by atoms with Crippen molar-refractivity contribution in [1.82, 2.24) is 4.57 Å². The summed E-state index contributed by atoms with van der Waals surface area (Å²) in [5.74, 6) is -1.13. The van der Waals surface area contributed by atoms with E-state index in [0.717, 1.165) is 16.5 Å². The summed E-state index contributed by atoms with van der Waals surface area (Å²) in [5.41, 5.74) is 1.83. The van der Waals surface area contributed by atoms with Crippen LogP contribution in [0.15, 0.2) is 158 Å². The van der Waals surface area contributed by atoms with Crippen molar-refractivity contribution in [2.45, 2.75) is 12.4 Å². The van der Waals surface area contributed by atoms with E-state index in [0.29, 0.717) is 51.1 Å². The molecule has 4 nitrogen and oxygen atoms in total. The van der Waals surface area contributed by atoms with E-state index in [1.165, 1.54) is 17.0 Å². The molecule has 0 fully saturated rings. The number of carbonyl (C=O) groups is 2. The molecule has 0 saturated heterocycles. The van der Waals surface area contributed by atoms with Gasteiger partial charge < -0.3 is 4.57 Å². The number of nitrogens with zero attached hydrogens (tertiary/aromatic N) is 2. The predicted molar refractivity (Wildman–Crippen MR) is 205 cm³/mol. The van der Waals surface area contributed by atoms with Gasteiger partial charge >= 0.3 is 12.4 Å². The van der Waals surface area contributed by atoms with Crippen LogP contribution in [0.1, 0.15) is 31.8 Å². The van der Waals surface area contributed by atoms with Crippen LogP contribution < -0.4 is 4.90 Å². The highest BCUT2D eigenvalue weighted by Crippen LogP contribution is 2.45. The Morgan fingerprint density at radius 1 is 0.411 bits per heavy atom. The van der Waals surface area contributed by atoms with Crippen molar-refractivity contribution in [2.24, 2.45) is 0 Å². The molecule has 0 N–H and O–H groups in total. The predicted octanol–water partition coefficient (Wildman–Crippen LogP) is 12.6. The van der Waals surface area contributed by atoms with Gasteiger partial charge in [-0.25, -0.2) is 4.90 Å². The van der Waals surface area contributed by atoms with Gasteiger partial charge in [0.2, 0.25) is 0 Å². The number of fused-ring (bicyclic) bond motifs is 4. The molecule has 1 aromatic heterocycles. The Morgan fingerprint density at radius 3 is 1.55 bits per heavy atom. The van der Waals surface area contributed by atoms with Crippen molar-refractivity contribution in [3.8, 4) is 39.1 Å². The number of alkyl halides is 6. The maximum atomic E-state index is 15.0. The summed E-state index contributed by atoms with van der Waals surface area (Å²) in [6.45, 7) is 0. The highest BCUT2D eigenvalue weighted by Gasteiger charge is 2.42. The zero-order chi connectivity index (χ0) is 38.9. The van der Waals surface area contributed by atoms with Gasteiger partial charge in [0.05, 0.1) is 44.7 Å². The maximum absolute atomic E-state index is 15.0. The Bertz CT molecular complexity index is 2790. The number of para-hydroxylation sites is 2. The molecule has 7 aromatic carbocycles. The number of aromatic nitrogens is 1. The average Bonchev–Trinajstić information content (AvgIpc) is 3.67. The van der Waals surface area contributed by atoms with Crippen molar-refractivity contribution < 1.29 is 35.9 Å². The van der Waals surface area contributed by atoms with Crippen LogP contribution in [0.25, 0.3) is 60.9 Å². The fourth-order valence-corrected chi connectivity index (χ4v) is 7.67. The number of imide groups is 1. The number of rotatable bonds is 5. The Hall–Kier alpha value is -6.94. The molecule has 0 atom stereocenters. The molecule has 0 aliphatic carbocycles. The van der Waals surface area contributed by atoms with Crippen LogP contribution in [0.5, 0.6) is 0 Å². The van der Waals surface area contributed by atoms with Gasteiger partial charge in [-0.3, -0.25) is 9.59 Å². The fourth-order valence-electron chi connectivity index (χ4n) is 7.67. The molecule has 56 heavy (non-hydrogen) atoms. The van der Waals surface area contributed by atoms with E-state index in [2.05, 4.69) is 0 Å². The van der Waals surface area contributed by atoms with E-state index < -0.39 is 35.3 Å². The molecule has 0 saturated carbocycles. The van der Waals surface area contributed by atoms with E-state index in [4.69, 9.17) is 0 Å². The lowest BCUT2D eigenvalue weighted by Gasteiger charge is -2.23. The molecule has 274 valence electrons. The molecule has 1 aliphatic heterocycles. The Morgan fingerprint density at radius 2 is 0.946 bits per heavy atom. The molecule has 2 heterocycles. The lowest BCUT2D eigenvalue weighted by Crippen LogP contribution is -2.30. The first kappa shape index (κ1) is 34.8. The second kappa shape index (κ2) is 12.8. The van der Waals surface area contributed by atoms with Gasteiger partial charge in [-0.15, -0.1) is 0 Å². The minimum absolute atomic E-state index is 0.0963. The third-order valence-corrected chi connectivity index (χ3v) is 10.2. The largest absolute Gasteiger partial charge is 0.416 e. The molecule has 9 rings (SSSR count). The maximum Gasteiger partial charge on any atom is 0.416 e. The molecule has 0 spiro atoms. The summed E-state index contributed by atoms with van der Waals surface area (Å²) in [4.78, 5) is 30.8. The van der Waals surface area contributed by atoms with Crippen LogP contribution in [0.4, 0.5) is 32.0 Å². The number of anilines is 1. The smallest absolute Gasteiger partial charge is 0.308 e. The molecule has 0 bridgehead atoms.